The van der Waals surface area contributed by atoms with Gasteiger partial charge in [0.05, 0.1) is 12.7 Å². The lowest BCUT2D eigenvalue weighted by Crippen LogP contribution is -2.31. The summed E-state index contributed by atoms with van der Waals surface area (Å²) in [6.45, 7) is 1.92. The minimum absolute atomic E-state index is 0.560. The highest BCUT2D eigenvalue weighted by atomic mass is 16.5. The first-order valence-electron chi connectivity index (χ1n) is 4.09. The third-order valence-electron chi connectivity index (χ3n) is 2.43. The van der Waals surface area contributed by atoms with E-state index >= 15 is 0 Å². The number of hydrogen-bond acceptors (Lipinski definition) is 1. The fraction of sp³-hybridized carbons (Fsp3) is 0.667. The van der Waals surface area contributed by atoms with Crippen molar-refractivity contribution in [3.63, 3.8) is 0 Å². The van der Waals surface area contributed by atoms with Crippen LogP contribution in [0.15, 0.2) is 12.2 Å². The van der Waals surface area contributed by atoms with E-state index in [-0.39, 0.29) is 0 Å². The molecule has 2 atom stereocenters. The van der Waals surface area contributed by atoms with Crippen LogP contribution < -0.4 is 0 Å². The normalized spacial score (nSPS) is 39.2. The summed E-state index contributed by atoms with van der Waals surface area (Å²) < 4.78 is 5.31. The molecule has 0 bridgehead atoms. The summed E-state index contributed by atoms with van der Waals surface area (Å²) >= 11 is 0. The molecule has 2 aliphatic rings. The van der Waals surface area contributed by atoms with Crippen LogP contribution in [0.4, 0.5) is 0 Å². The molecule has 2 rings (SSSR count). The van der Waals surface area contributed by atoms with Crippen molar-refractivity contribution in [1.82, 2.24) is 0 Å². The van der Waals surface area contributed by atoms with Crippen LogP contribution in [0.25, 0.3) is 0 Å². The second-order valence-electron chi connectivity index (χ2n) is 3.12. The van der Waals surface area contributed by atoms with Gasteiger partial charge in [-0.05, 0) is 25.2 Å². The lowest BCUT2D eigenvalue weighted by molar-refractivity contribution is -0.0350. The second kappa shape index (κ2) is 2.75. The van der Waals surface area contributed by atoms with E-state index in [0.29, 0.717) is 6.10 Å². The monoisotopic (exact) mass is 137 g/mol. The molecule has 1 heteroatoms. The summed E-state index contributed by atoms with van der Waals surface area (Å²) in [5.74, 6) is 0.815. The predicted octanol–water partition coefficient (Wildman–Crippen LogP) is 2.29. The van der Waals surface area contributed by atoms with E-state index in [2.05, 4.69) is 12.2 Å². The topological polar surface area (TPSA) is 9.23 Å². The highest BCUT2D eigenvalue weighted by Gasteiger charge is 2.28. The summed E-state index contributed by atoms with van der Waals surface area (Å²) in [5, 5.41) is 0. The number of allylic oxidation sites excluding steroid dienone is 2. The summed E-state index contributed by atoms with van der Waals surface area (Å²) in [5.41, 5.74) is 0. The molecular formula is C9H13O. The Kier molecular flexibility index (Phi) is 1.76. The summed E-state index contributed by atoms with van der Waals surface area (Å²) in [6.07, 6.45) is 10.1. The van der Waals surface area contributed by atoms with Gasteiger partial charge in [0.15, 0.2) is 0 Å². The smallest absolute Gasteiger partial charge is 0.0866 e. The van der Waals surface area contributed by atoms with Crippen LogP contribution in [0.1, 0.15) is 25.7 Å². The molecule has 1 heterocycles. The maximum absolute atomic E-state index is 5.31. The first-order valence-corrected chi connectivity index (χ1v) is 4.09. The molecule has 0 saturated carbocycles. The third kappa shape index (κ3) is 1.10. The molecule has 10 heavy (non-hydrogen) atoms. The van der Waals surface area contributed by atoms with Crippen molar-refractivity contribution >= 4 is 0 Å². The minimum Gasteiger partial charge on any atom is -0.372 e. The Morgan fingerprint density at radius 1 is 1.20 bits per heavy atom. The van der Waals surface area contributed by atoms with Crippen molar-refractivity contribution in [3.05, 3.63) is 18.8 Å². The van der Waals surface area contributed by atoms with Crippen LogP contribution in [-0.2, 0) is 4.74 Å². The van der Waals surface area contributed by atoms with E-state index in [0.717, 1.165) is 5.92 Å². The Morgan fingerprint density at radius 3 is 2.60 bits per heavy atom. The summed E-state index contributed by atoms with van der Waals surface area (Å²) in [6, 6.07) is 0. The van der Waals surface area contributed by atoms with Gasteiger partial charge in [0.1, 0.15) is 0 Å². The first-order chi connectivity index (χ1) is 4.97. The standard InChI is InChI=1S/C9H13O/c1-2-4-8(5-3-1)9-6-7-10-9/h1-2,7-9H,3-6H2. The minimum atomic E-state index is 0.560. The lowest BCUT2D eigenvalue weighted by Gasteiger charge is -2.34. The Morgan fingerprint density at radius 2 is 2.10 bits per heavy atom. The molecular weight excluding hydrogens is 124 g/mol. The molecule has 0 N–H and O–H groups in total. The average Bonchev–Trinajstić information content (AvgIpc) is 1.86. The van der Waals surface area contributed by atoms with Gasteiger partial charge in [-0.2, -0.15) is 0 Å². The predicted molar refractivity (Wildman–Crippen MR) is 40.3 cm³/mol. The molecule has 2 unspecified atom stereocenters. The van der Waals surface area contributed by atoms with E-state index in [9.17, 15) is 0 Å². The Bertz CT molecular complexity index is 136. The van der Waals surface area contributed by atoms with E-state index in [4.69, 9.17) is 4.74 Å². The van der Waals surface area contributed by atoms with Gasteiger partial charge < -0.3 is 4.74 Å². The number of hydrogen-bond donors (Lipinski definition) is 0. The molecule has 1 aliphatic carbocycles. The van der Waals surface area contributed by atoms with Crippen molar-refractivity contribution in [3.8, 4) is 0 Å². The maximum atomic E-state index is 5.31. The van der Waals surface area contributed by atoms with Crippen molar-refractivity contribution in [2.75, 3.05) is 0 Å². The molecule has 0 aromatic rings. The molecule has 1 nitrogen and oxygen atoms in total. The van der Waals surface area contributed by atoms with Crippen molar-refractivity contribution in [1.29, 1.82) is 0 Å². The largest absolute Gasteiger partial charge is 0.372 e. The molecule has 0 aromatic heterocycles. The third-order valence-corrected chi connectivity index (χ3v) is 2.43. The SMILES string of the molecule is [CH]1CC(C2CC=CCC2)O1. The van der Waals surface area contributed by atoms with Gasteiger partial charge in [-0.25, -0.2) is 0 Å². The van der Waals surface area contributed by atoms with Gasteiger partial charge >= 0.3 is 0 Å². The summed E-state index contributed by atoms with van der Waals surface area (Å²) in [4.78, 5) is 0. The second-order valence-corrected chi connectivity index (χ2v) is 3.12. The Balaban J connectivity index is 1.86. The lowest BCUT2D eigenvalue weighted by atomic mass is 9.86. The molecule has 0 aromatic carbocycles. The Hall–Kier alpha value is -0.300. The number of ether oxygens (including phenoxy) is 1. The zero-order valence-corrected chi connectivity index (χ0v) is 6.12. The van der Waals surface area contributed by atoms with Crippen LogP contribution >= 0.6 is 0 Å². The molecule has 1 fully saturated rings. The first kappa shape index (κ1) is 6.41. The van der Waals surface area contributed by atoms with Gasteiger partial charge in [0, 0.05) is 6.42 Å². The maximum Gasteiger partial charge on any atom is 0.0866 e. The van der Waals surface area contributed by atoms with E-state index < -0.39 is 0 Å². The van der Waals surface area contributed by atoms with Gasteiger partial charge in [-0.15, -0.1) is 0 Å². The molecule has 0 amide bonds. The number of rotatable bonds is 1. The van der Waals surface area contributed by atoms with E-state index in [1.165, 1.54) is 25.7 Å². The van der Waals surface area contributed by atoms with Gasteiger partial charge in [0.25, 0.3) is 0 Å². The van der Waals surface area contributed by atoms with Crippen molar-refractivity contribution in [2.45, 2.75) is 31.8 Å². The zero-order chi connectivity index (χ0) is 6.81. The fourth-order valence-corrected chi connectivity index (χ4v) is 1.67. The molecule has 1 radical (unpaired) electrons. The van der Waals surface area contributed by atoms with E-state index in [1.807, 2.05) is 6.61 Å². The quantitative estimate of drug-likeness (QED) is 0.504. The fourth-order valence-electron chi connectivity index (χ4n) is 1.67. The summed E-state index contributed by atoms with van der Waals surface area (Å²) in [7, 11) is 0. The molecule has 1 aliphatic heterocycles. The van der Waals surface area contributed by atoms with Crippen molar-refractivity contribution < 1.29 is 4.74 Å². The van der Waals surface area contributed by atoms with Crippen LogP contribution in [0, 0.1) is 12.5 Å². The van der Waals surface area contributed by atoms with Crippen LogP contribution in [0.3, 0.4) is 0 Å². The van der Waals surface area contributed by atoms with Crippen molar-refractivity contribution in [2.24, 2.45) is 5.92 Å². The van der Waals surface area contributed by atoms with E-state index in [1.54, 1.807) is 0 Å². The average molecular weight is 137 g/mol. The van der Waals surface area contributed by atoms with Gasteiger partial charge in [-0.1, -0.05) is 12.2 Å². The highest BCUT2D eigenvalue weighted by molar-refractivity contribution is 4.95. The Labute approximate surface area is 62.1 Å². The van der Waals surface area contributed by atoms with Crippen LogP contribution in [0.5, 0.6) is 0 Å². The highest BCUT2D eigenvalue weighted by Crippen LogP contribution is 2.31. The van der Waals surface area contributed by atoms with Gasteiger partial charge in [0.2, 0.25) is 0 Å². The zero-order valence-electron chi connectivity index (χ0n) is 6.12. The van der Waals surface area contributed by atoms with Crippen LogP contribution in [0.2, 0.25) is 0 Å². The van der Waals surface area contributed by atoms with Crippen LogP contribution in [-0.4, -0.2) is 6.10 Å². The molecule has 1 saturated heterocycles. The molecule has 0 spiro atoms. The van der Waals surface area contributed by atoms with Gasteiger partial charge in [-0.3, -0.25) is 0 Å². The molecule has 55 valence electrons.